The van der Waals surface area contributed by atoms with Gasteiger partial charge in [0.05, 0.1) is 4.90 Å². The average molecular weight is 208 g/mol. The molecular weight excluding hydrogens is 196 g/mol. The molecular formula is C11H12O2S. The Bertz CT molecular complexity index is 458. The molecule has 0 aliphatic carbocycles. The van der Waals surface area contributed by atoms with Crippen LogP contribution in [0, 0.1) is 18.1 Å². The molecule has 0 aliphatic heterocycles. The minimum atomic E-state index is -3.40. The van der Waals surface area contributed by atoms with Crippen LogP contribution in [0.1, 0.15) is 18.9 Å². The van der Waals surface area contributed by atoms with Gasteiger partial charge in [0.2, 0.25) is 9.84 Å². The Kier molecular flexibility index (Phi) is 3.32. The molecule has 14 heavy (non-hydrogen) atoms. The molecule has 0 unspecified atom stereocenters. The van der Waals surface area contributed by atoms with E-state index in [9.17, 15) is 8.42 Å². The Hall–Kier alpha value is -1.27. The highest BCUT2D eigenvalue weighted by Gasteiger charge is 2.08. The zero-order chi connectivity index (χ0) is 10.6. The molecule has 1 aromatic carbocycles. The second kappa shape index (κ2) is 4.30. The van der Waals surface area contributed by atoms with Crippen LogP contribution in [0.5, 0.6) is 0 Å². The van der Waals surface area contributed by atoms with Crippen molar-refractivity contribution < 1.29 is 8.42 Å². The molecule has 0 aliphatic rings. The van der Waals surface area contributed by atoms with E-state index in [-0.39, 0.29) is 4.90 Å². The second-order valence-electron chi connectivity index (χ2n) is 2.95. The summed E-state index contributed by atoms with van der Waals surface area (Å²) >= 11 is 0. The van der Waals surface area contributed by atoms with Crippen molar-refractivity contribution in [1.82, 2.24) is 0 Å². The molecule has 0 aromatic heterocycles. The predicted octanol–water partition coefficient (Wildman–Crippen LogP) is 2.14. The molecule has 0 saturated carbocycles. The minimum absolute atomic E-state index is 0.268. The summed E-state index contributed by atoms with van der Waals surface area (Å²) in [5.41, 5.74) is 1.03. The van der Waals surface area contributed by atoms with E-state index in [0.29, 0.717) is 6.42 Å². The lowest BCUT2D eigenvalue weighted by atomic mass is 10.2. The third-order valence-corrected chi connectivity index (χ3v) is 3.02. The molecule has 1 rings (SSSR count). The molecule has 0 radical (unpaired) electrons. The molecule has 0 fully saturated rings. The van der Waals surface area contributed by atoms with E-state index in [2.05, 4.69) is 11.2 Å². The monoisotopic (exact) mass is 208 g/mol. The van der Waals surface area contributed by atoms with Crippen molar-refractivity contribution in [2.45, 2.75) is 25.2 Å². The van der Waals surface area contributed by atoms with Crippen LogP contribution in [0.2, 0.25) is 0 Å². The first-order valence-electron chi connectivity index (χ1n) is 4.37. The predicted molar refractivity (Wildman–Crippen MR) is 56.4 cm³/mol. The molecule has 0 amide bonds. The topological polar surface area (TPSA) is 34.1 Å². The molecule has 0 heterocycles. The van der Waals surface area contributed by atoms with Gasteiger partial charge in [-0.25, -0.2) is 8.42 Å². The highest BCUT2D eigenvalue weighted by molar-refractivity contribution is 7.96. The lowest BCUT2D eigenvalue weighted by Crippen LogP contribution is -1.96. The average Bonchev–Trinajstić information content (AvgIpc) is 2.16. The van der Waals surface area contributed by atoms with Crippen molar-refractivity contribution in [3.05, 3.63) is 29.8 Å². The quantitative estimate of drug-likeness (QED) is 0.523. The first-order chi connectivity index (χ1) is 6.56. The van der Waals surface area contributed by atoms with Gasteiger partial charge in [0.25, 0.3) is 0 Å². The fraction of sp³-hybridized carbons (Fsp3) is 0.273. The Labute approximate surface area is 84.9 Å². The minimum Gasteiger partial charge on any atom is -0.210 e. The van der Waals surface area contributed by atoms with Gasteiger partial charge in [0.1, 0.15) is 0 Å². The van der Waals surface area contributed by atoms with Crippen LogP contribution in [-0.2, 0) is 9.84 Å². The number of benzene rings is 1. The Morgan fingerprint density at radius 3 is 2.29 bits per heavy atom. The van der Waals surface area contributed by atoms with Gasteiger partial charge in [-0.05, 0) is 19.1 Å². The fourth-order valence-electron chi connectivity index (χ4n) is 0.944. The van der Waals surface area contributed by atoms with Crippen molar-refractivity contribution in [2.75, 3.05) is 0 Å². The van der Waals surface area contributed by atoms with Gasteiger partial charge < -0.3 is 0 Å². The SMILES string of the molecule is CCC#CS(=O)(=O)c1ccc(C)cc1. The van der Waals surface area contributed by atoms with Crippen LogP contribution in [0.3, 0.4) is 0 Å². The van der Waals surface area contributed by atoms with E-state index in [1.807, 2.05) is 13.8 Å². The molecule has 3 heteroatoms. The largest absolute Gasteiger partial charge is 0.245 e. The summed E-state index contributed by atoms with van der Waals surface area (Å²) in [4.78, 5) is 0.268. The van der Waals surface area contributed by atoms with Gasteiger partial charge in [-0.3, -0.25) is 0 Å². The van der Waals surface area contributed by atoms with Crippen molar-refractivity contribution in [1.29, 1.82) is 0 Å². The molecule has 2 nitrogen and oxygen atoms in total. The normalized spacial score (nSPS) is 10.4. The van der Waals surface area contributed by atoms with Gasteiger partial charge in [-0.2, -0.15) is 0 Å². The summed E-state index contributed by atoms with van der Waals surface area (Å²) < 4.78 is 23.1. The van der Waals surface area contributed by atoms with Gasteiger partial charge in [-0.1, -0.05) is 30.5 Å². The van der Waals surface area contributed by atoms with E-state index < -0.39 is 9.84 Å². The zero-order valence-electron chi connectivity index (χ0n) is 8.24. The summed E-state index contributed by atoms with van der Waals surface area (Å²) in [5.74, 6) is 2.56. The Balaban J connectivity index is 3.11. The van der Waals surface area contributed by atoms with Gasteiger partial charge >= 0.3 is 0 Å². The van der Waals surface area contributed by atoms with Gasteiger partial charge in [-0.15, -0.1) is 0 Å². The third kappa shape index (κ3) is 2.61. The van der Waals surface area contributed by atoms with E-state index >= 15 is 0 Å². The lowest BCUT2D eigenvalue weighted by Gasteiger charge is -1.96. The maximum atomic E-state index is 11.5. The van der Waals surface area contributed by atoms with Crippen LogP contribution in [0.4, 0.5) is 0 Å². The number of aryl methyl sites for hydroxylation is 1. The zero-order valence-corrected chi connectivity index (χ0v) is 9.06. The van der Waals surface area contributed by atoms with Gasteiger partial charge in [0, 0.05) is 11.7 Å². The van der Waals surface area contributed by atoms with Gasteiger partial charge in [0.15, 0.2) is 0 Å². The molecule has 0 N–H and O–H groups in total. The first kappa shape index (κ1) is 10.8. The Morgan fingerprint density at radius 1 is 1.21 bits per heavy atom. The maximum absolute atomic E-state index is 11.5. The summed E-state index contributed by atoms with van der Waals surface area (Å²) in [6.07, 6.45) is 0.547. The third-order valence-electron chi connectivity index (χ3n) is 1.71. The smallest absolute Gasteiger partial charge is 0.210 e. The van der Waals surface area contributed by atoms with Crippen molar-refractivity contribution in [2.24, 2.45) is 0 Å². The summed E-state index contributed by atoms with van der Waals surface area (Å²) in [6, 6.07) is 6.69. The number of hydrogen-bond donors (Lipinski definition) is 0. The Morgan fingerprint density at radius 2 is 1.79 bits per heavy atom. The summed E-state index contributed by atoms with van der Waals surface area (Å²) in [5, 5.41) is 2.27. The van der Waals surface area contributed by atoms with Crippen LogP contribution in [-0.4, -0.2) is 8.42 Å². The highest BCUT2D eigenvalue weighted by atomic mass is 32.2. The number of rotatable bonds is 1. The van der Waals surface area contributed by atoms with Crippen molar-refractivity contribution >= 4 is 9.84 Å². The van der Waals surface area contributed by atoms with E-state index in [0.717, 1.165) is 5.56 Å². The summed E-state index contributed by atoms with van der Waals surface area (Å²) in [7, 11) is -3.40. The van der Waals surface area contributed by atoms with Crippen LogP contribution < -0.4 is 0 Å². The highest BCUT2D eigenvalue weighted by Crippen LogP contribution is 2.10. The fourth-order valence-corrected chi connectivity index (χ4v) is 1.89. The van der Waals surface area contributed by atoms with Crippen LogP contribution >= 0.6 is 0 Å². The maximum Gasteiger partial charge on any atom is 0.245 e. The van der Waals surface area contributed by atoms with Crippen LogP contribution in [0.25, 0.3) is 0 Å². The van der Waals surface area contributed by atoms with Crippen molar-refractivity contribution in [3.8, 4) is 11.2 Å². The molecule has 1 aromatic rings. The van der Waals surface area contributed by atoms with Crippen LogP contribution in [0.15, 0.2) is 29.2 Å². The molecule has 74 valence electrons. The standard InChI is InChI=1S/C11H12O2S/c1-3-4-9-14(12,13)11-7-5-10(2)6-8-11/h5-8H,3H2,1-2H3. The van der Waals surface area contributed by atoms with Crippen molar-refractivity contribution in [3.63, 3.8) is 0 Å². The molecule has 0 spiro atoms. The number of sulfone groups is 1. The molecule has 0 atom stereocenters. The van der Waals surface area contributed by atoms with E-state index in [4.69, 9.17) is 0 Å². The second-order valence-corrected chi connectivity index (χ2v) is 4.63. The molecule has 0 saturated heterocycles. The van der Waals surface area contributed by atoms with E-state index in [1.54, 1.807) is 24.3 Å². The van der Waals surface area contributed by atoms with E-state index in [1.165, 1.54) is 0 Å². The number of hydrogen-bond acceptors (Lipinski definition) is 2. The lowest BCUT2D eigenvalue weighted by molar-refractivity contribution is 0.606. The first-order valence-corrected chi connectivity index (χ1v) is 5.86. The molecule has 0 bridgehead atoms. The summed E-state index contributed by atoms with van der Waals surface area (Å²) in [6.45, 7) is 3.73.